The number of aromatic nitrogens is 3. The molecule has 0 unspecified atom stereocenters. The highest BCUT2D eigenvalue weighted by molar-refractivity contribution is 6.33. The fraction of sp³-hybridized carbons (Fsp3) is 0.242. The van der Waals surface area contributed by atoms with Gasteiger partial charge in [-0.15, -0.1) is 0 Å². The highest BCUT2D eigenvalue weighted by Crippen LogP contribution is 2.32. The van der Waals surface area contributed by atoms with Crippen LogP contribution in [0.15, 0.2) is 77.7 Å². The first-order valence-corrected chi connectivity index (χ1v) is 14.5. The number of nitrogens with one attached hydrogen (secondary N) is 1. The maximum Gasteiger partial charge on any atom is 0.260 e. The van der Waals surface area contributed by atoms with E-state index in [0.29, 0.717) is 45.1 Å². The highest BCUT2D eigenvalue weighted by atomic mass is 35.5. The van der Waals surface area contributed by atoms with E-state index in [2.05, 4.69) is 38.2 Å². The van der Waals surface area contributed by atoms with Crippen LogP contribution in [0.3, 0.4) is 0 Å². The molecule has 3 heterocycles. The normalized spacial score (nSPS) is 14.0. The van der Waals surface area contributed by atoms with Gasteiger partial charge in [-0.2, -0.15) is 4.98 Å². The van der Waals surface area contributed by atoms with Crippen molar-refractivity contribution in [3.63, 3.8) is 0 Å². The van der Waals surface area contributed by atoms with Gasteiger partial charge < -0.3 is 15.1 Å². The first-order valence-electron chi connectivity index (χ1n) is 14.1. The average molecular weight is 583 g/mol. The third-order valence-corrected chi connectivity index (χ3v) is 8.11. The van der Waals surface area contributed by atoms with Gasteiger partial charge in [0.15, 0.2) is 0 Å². The Hall–Kier alpha value is -4.27. The van der Waals surface area contributed by atoms with E-state index in [0.717, 1.165) is 42.9 Å². The molecule has 0 saturated carbocycles. The molecule has 9 heteroatoms. The minimum atomic E-state index is -0.300. The van der Waals surface area contributed by atoms with Crippen LogP contribution in [0.2, 0.25) is 5.02 Å². The molecule has 2 aromatic heterocycles. The Morgan fingerprint density at radius 3 is 2.45 bits per heavy atom. The van der Waals surface area contributed by atoms with Crippen molar-refractivity contribution in [2.75, 3.05) is 43.4 Å². The number of piperazine rings is 1. The Morgan fingerprint density at radius 1 is 0.952 bits per heavy atom. The molecule has 1 aliphatic rings. The largest absolute Gasteiger partial charge is 0.367 e. The van der Waals surface area contributed by atoms with Crippen LogP contribution < -0.4 is 15.8 Å². The van der Waals surface area contributed by atoms with Crippen LogP contribution in [0.5, 0.6) is 0 Å². The molecule has 0 atom stereocenters. The quantitative estimate of drug-likeness (QED) is 0.239. The van der Waals surface area contributed by atoms with Crippen molar-refractivity contribution in [2.24, 2.45) is 0 Å². The summed E-state index contributed by atoms with van der Waals surface area (Å²) in [7, 11) is 2.07. The van der Waals surface area contributed by atoms with Gasteiger partial charge in [-0.05, 0) is 62.4 Å². The van der Waals surface area contributed by atoms with Crippen LogP contribution in [-0.4, -0.2) is 52.7 Å². The Balaban J connectivity index is 1.30. The maximum absolute atomic E-state index is 15.0. The number of aryl methyl sites for hydroxylation is 2. The van der Waals surface area contributed by atoms with Crippen molar-refractivity contribution in [1.82, 2.24) is 19.4 Å². The van der Waals surface area contributed by atoms with E-state index in [4.69, 9.17) is 11.6 Å². The van der Waals surface area contributed by atoms with Gasteiger partial charge in [0.2, 0.25) is 5.95 Å². The lowest BCUT2D eigenvalue weighted by atomic mass is 9.99. The molecule has 214 valence electrons. The first kappa shape index (κ1) is 27.9. The number of halogens is 2. The Morgan fingerprint density at radius 2 is 1.74 bits per heavy atom. The van der Waals surface area contributed by atoms with Crippen LogP contribution in [-0.2, 0) is 6.54 Å². The van der Waals surface area contributed by atoms with Crippen LogP contribution in [0, 0.1) is 12.7 Å². The molecular formula is C33H32ClFN6O. The van der Waals surface area contributed by atoms with Gasteiger partial charge in [0.1, 0.15) is 11.5 Å². The number of benzene rings is 3. The zero-order valence-electron chi connectivity index (χ0n) is 23.9. The molecule has 1 aliphatic heterocycles. The third-order valence-electron chi connectivity index (χ3n) is 7.80. The predicted octanol–water partition coefficient (Wildman–Crippen LogP) is 6.74. The van der Waals surface area contributed by atoms with E-state index in [1.807, 2.05) is 56.3 Å². The van der Waals surface area contributed by atoms with E-state index in [1.54, 1.807) is 22.9 Å². The van der Waals surface area contributed by atoms with Crippen molar-refractivity contribution in [3.8, 4) is 22.3 Å². The summed E-state index contributed by atoms with van der Waals surface area (Å²) >= 11 is 6.74. The van der Waals surface area contributed by atoms with Gasteiger partial charge in [-0.25, -0.2) is 9.37 Å². The fourth-order valence-electron chi connectivity index (χ4n) is 5.46. The molecule has 7 nitrogen and oxygen atoms in total. The minimum absolute atomic E-state index is 0.192. The SMILES string of the molecule is CCn1c(=O)c(-c2ccc(-c3cccc(C)c3)cc2Cl)cc2cnc(Nc3ccc(N4CCN(C)CC4)c(F)c3)nc21. The molecule has 6 rings (SSSR count). The van der Waals surface area contributed by atoms with Crippen LogP contribution >= 0.6 is 11.6 Å². The molecule has 5 aromatic rings. The molecule has 0 radical (unpaired) electrons. The number of hydrogen-bond acceptors (Lipinski definition) is 6. The van der Waals surface area contributed by atoms with Crippen molar-refractivity contribution in [3.05, 3.63) is 99.7 Å². The molecule has 0 bridgehead atoms. The smallest absolute Gasteiger partial charge is 0.260 e. The summed E-state index contributed by atoms with van der Waals surface area (Å²) in [5.74, 6) is -0.0186. The molecule has 1 N–H and O–H groups in total. The van der Waals surface area contributed by atoms with E-state index in [-0.39, 0.29) is 17.3 Å². The van der Waals surface area contributed by atoms with Crippen molar-refractivity contribution in [2.45, 2.75) is 20.4 Å². The molecule has 1 fully saturated rings. The van der Waals surface area contributed by atoms with E-state index >= 15 is 4.39 Å². The van der Waals surface area contributed by atoms with Gasteiger partial charge >= 0.3 is 0 Å². The summed E-state index contributed by atoms with van der Waals surface area (Å²) in [4.78, 5) is 27.1. The number of likely N-dealkylation sites (N-methyl/N-ethyl adjacent to an activating group) is 1. The zero-order valence-corrected chi connectivity index (χ0v) is 24.6. The van der Waals surface area contributed by atoms with Crippen LogP contribution in [0.1, 0.15) is 12.5 Å². The topological polar surface area (TPSA) is 66.3 Å². The minimum Gasteiger partial charge on any atom is -0.367 e. The van der Waals surface area contributed by atoms with Gasteiger partial charge in [-0.1, -0.05) is 53.6 Å². The van der Waals surface area contributed by atoms with E-state index in [1.165, 1.54) is 6.07 Å². The Bertz CT molecular complexity index is 1850. The second-order valence-corrected chi connectivity index (χ2v) is 11.1. The molecule has 42 heavy (non-hydrogen) atoms. The standard InChI is InChI=1S/C33H32ClFN6O/c1-4-41-31-24(17-27(32(41)42)26-10-8-23(18-28(26)34)22-7-5-6-21(2)16-22)20-36-33(38-31)37-25-9-11-30(29(35)19-25)40-14-12-39(3)13-15-40/h5-11,16-20H,4,12-15H2,1-3H3,(H,36,37,38). The van der Waals surface area contributed by atoms with Crippen molar-refractivity contribution in [1.29, 1.82) is 0 Å². The summed E-state index contributed by atoms with van der Waals surface area (Å²) in [5, 5.41) is 4.30. The molecule has 3 aromatic carbocycles. The van der Waals surface area contributed by atoms with Gasteiger partial charge in [0.05, 0.1) is 5.69 Å². The number of hydrogen-bond donors (Lipinski definition) is 1. The number of rotatable bonds is 6. The van der Waals surface area contributed by atoms with Gasteiger partial charge in [-0.3, -0.25) is 9.36 Å². The van der Waals surface area contributed by atoms with E-state index < -0.39 is 0 Å². The molecule has 0 spiro atoms. The van der Waals surface area contributed by atoms with E-state index in [9.17, 15) is 4.79 Å². The maximum atomic E-state index is 15.0. The lowest BCUT2D eigenvalue weighted by molar-refractivity contribution is 0.311. The second-order valence-electron chi connectivity index (χ2n) is 10.7. The average Bonchev–Trinajstić information content (AvgIpc) is 2.98. The number of pyridine rings is 1. The van der Waals surface area contributed by atoms with Gasteiger partial charge in [0, 0.05) is 66.1 Å². The Kier molecular flexibility index (Phi) is 7.66. The summed E-state index contributed by atoms with van der Waals surface area (Å²) < 4.78 is 16.7. The van der Waals surface area contributed by atoms with Crippen molar-refractivity contribution < 1.29 is 4.39 Å². The van der Waals surface area contributed by atoms with Crippen LogP contribution in [0.4, 0.5) is 21.7 Å². The second kappa shape index (κ2) is 11.5. The fourth-order valence-corrected chi connectivity index (χ4v) is 5.74. The summed E-state index contributed by atoms with van der Waals surface area (Å²) in [5.41, 5.74) is 5.77. The highest BCUT2D eigenvalue weighted by Gasteiger charge is 2.19. The Labute approximate surface area is 249 Å². The lowest BCUT2D eigenvalue weighted by Crippen LogP contribution is -2.44. The number of nitrogens with zero attached hydrogens (tertiary/aromatic N) is 5. The summed E-state index contributed by atoms with van der Waals surface area (Å²) in [6.07, 6.45) is 1.67. The first-order chi connectivity index (χ1) is 20.3. The summed E-state index contributed by atoms with van der Waals surface area (Å²) in [6.45, 7) is 7.72. The molecule has 1 saturated heterocycles. The monoisotopic (exact) mass is 582 g/mol. The summed E-state index contributed by atoms with van der Waals surface area (Å²) in [6, 6.07) is 20.8. The predicted molar refractivity (Wildman–Crippen MR) is 169 cm³/mol. The molecular weight excluding hydrogens is 551 g/mol. The number of fused-ring (bicyclic) bond motifs is 1. The van der Waals surface area contributed by atoms with Crippen molar-refractivity contribution >= 4 is 40.0 Å². The zero-order chi connectivity index (χ0) is 29.4. The molecule has 0 aliphatic carbocycles. The number of anilines is 3. The molecule has 0 amide bonds. The van der Waals surface area contributed by atoms with Crippen LogP contribution in [0.25, 0.3) is 33.3 Å². The third kappa shape index (κ3) is 5.47. The lowest BCUT2D eigenvalue weighted by Gasteiger charge is -2.34. The van der Waals surface area contributed by atoms with Gasteiger partial charge in [0.25, 0.3) is 5.56 Å².